The molecule has 0 aromatic rings. The molecule has 0 amide bonds. The van der Waals surface area contributed by atoms with E-state index in [-0.39, 0.29) is 12.6 Å². The van der Waals surface area contributed by atoms with Gasteiger partial charge in [-0.05, 0) is 29.8 Å². The predicted molar refractivity (Wildman–Crippen MR) is 95.0 cm³/mol. The van der Waals surface area contributed by atoms with Crippen LogP contribution >= 0.6 is 11.8 Å². The Labute approximate surface area is 136 Å². The van der Waals surface area contributed by atoms with Crippen molar-refractivity contribution in [3.8, 4) is 0 Å². The Balaban J connectivity index is 5.56. The fraction of sp³-hybridized carbons (Fsp3) is 0.812. The Kier molecular flexibility index (Phi) is 8.70. The number of hydrogen-bond donors (Lipinski definition) is 0. The summed E-state index contributed by atoms with van der Waals surface area (Å²) < 4.78 is 11.8. The van der Waals surface area contributed by atoms with Crippen LogP contribution in [0.3, 0.4) is 0 Å². The summed E-state index contributed by atoms with van der Waals surface area (Å²) in [5.41, 5.74) is 1.50. The molecule has 0 spiro atoms. The summed E-state index contributed by atoms with van der Waals surface area (Å²) >= 11 is 1.65. The first-order chi connectivity index (χ1) is 9.59. The molecule has 0 saturated carbocycles. The molecule has 0 atom stereocenters. The topological polar surface area (TPSA) is 35.5 Å². The molecule has 0 fully saturated rings. The molecule has 0 saturated heterocycles. The van der Waals surface area contributed by atoms with Crippen LogP contribution in [-0.4, -0.2) is 27.1 Å². The van der Waals surface area contributed by atoms with Gasteiger partial charge >= 0.3 is 5.97 Å². The highest BCUT2D eigenvalue weighted by molar-refractivity contribution is 8.02. The summed E-state index contributed by atoms with van der Waals surface area (Å²) in [7, 11) is -2.00. The molecule has 124 valence electrons. The summed E-state index contributed by atoms with van der Waals surface area (Å²) in [4.78, 5) is 12.2. The van der Waals surface area contributed by atoms with Crippen LogP contribution in [0.5, 0.6) is 0 Å². The van der Waals surface area contributed by atoms with E-state index in [1.807, 2.05) is 13.2 Å². The highest BCUT2D eigenvalue weighted by Gasteiger charge is 2.47. The van der Waals surface area contributed by atoms with Crippen molar-refractivity contribution < 1.29 is 14.0 Å². The second-order valence-corrected chi connectivity index (χ2v) is 12.8. The van der Waals surface area contributed by atoms with Gasteiger partial charge in [-0.3, -0.25) is 4.79 Å². The lowest BCUT2D eigenvalue weighted by atomic mass is 10.5. The molecular weight excluding hydrogens is 300 g/mol. The lowest BCUT2D eigenvalue weighted by molar-refractivity contribution is -0.140. The van der Waals surface area contributed by atoms with E-state index in [2.05, 4.69) is 41.5 Å². The van der Waals surface area contributed by atoms with Crippen LogP contribution in [0, 0.1) is 0 Å². The number of esters is 1. The van der Waals surface area contributed by atoms with Gasteiger partial charge in [-0.15, -0.1) is 11.8 Å². The van der Waals surface area contributed by atoms with Crippen molar-refractivity contribution in [2.75, 3.05) is 12.9 Å². The third kappa shape index (κ3) is 5.36. The van der Waals surface area contributed by atoms with Gasteiger partial charge in [-0.2, -0.15) is 0 Å². The Morgan fingerprint density at radius 1 is 1.00 bits per heavy atom. The van der Waals surface area contributed by atoms with E-state index in [0.717, 1.165) is 10.7 Å². The smallest absolute Gasteiger partial charge is 0.303 e. The molecule has 0 bridgehead atoms. The van der Waals surface area contributed by atoms with E-state index in [9.17, 15) is 4.79 Å². The minimum atomic E-state index is -2.00. The van der Waals surface area contributed by atoms with Crippen LogP contribution in [0.25, 0.3) is 0 Å². The molecule has 0 aromatic carbocycles. The monoisotopic (exact) mass is 332 g/mol. The lowest BCUT2D eigenvalue weighted by Gasteiger charge is -2.43. The third-order valence-electron chi connectivity index (χ3n) is 4.11. The van der Waals surface area contributed by atoms with Crippen molar-refractivity contribution in [1.82, 2.24) is 0 Å². The second-order valence-electron chi connectivity index (χ2n) is 6.38. The average molecular weight is 333 g/mol. The molecule has 21 heavy (non-hydrogen) atoms. The van der Waals surface area contributed by atoms with Gasteiger partial charge in [0.25, 0.3) is 8.32 Å². The fourth-order valence-electron chi connectivity index (χ4n) is 3.05. The molecule has 0 aliphatic heterocycles. The molecule has 0 aromatic heterocycles. The zero-order valence-electron chi connectivity index (χ0n) is 15.1. The normalized spacial score (nSPS) is 13.7. The Morgan fingerprint density at radius 3 is 1.71 bits per heavy atom. The average Bonchev–Trinajstić information content (AvgIpc) is 2.36. The molecule has 0 aliphatic carbocycles. The molecular formula is C16H32O3SSi. The Morgan fingerprint density at radius 2 is 1.43 bits per heavy atom. The minimum absolute atomic E-state index is 0.239. The SMILES string of the molecule is CS/C(C)=C(/COC(C)=O)O[Si](C(C)C)(C(C)C)C(C)C. The standard InChI is InChI=1S/C16H32O3SSi/c1-11(2)21(12(3)4,13(5)6)19-16(14(7)20-9)10-18-15(8)17/h11-13H,10H2,1-9H3/b16-14-. The Hall–Kier alpha value is -0.423. The summed E-state index contributed by atoms with van der Waals surface area (Å²) in [6.45, 7) is 17.2. The van der Waals surface area contributed by atoms with Crippen molar-refractivity contribution in [1.29, 1.82) is 0 Å². The Bertz CT molecular complexity index is 354. The van der Waals surface area contributed by atoms with Gasteiger partial charge < -0.3 is 9.16 Å². The van der Waals surface area contributed by atoms with Crippen LogP contribution in [0.2, 0.25) is 16.6 Å². The maximum Gasteiger partial charge on any atom is 0.303 e. The van der Waals surface area contributed by atoms with Gasteiger partial charge in [-0.25, -0.2) is 0 Å². The van der Waals surface area contributed by atoms with E-state index in [1.165, 1.54) is 6.92 Å². The fourth-order valence-corrected chi connectivity index (χ4v) is 8.80. The van der Waals surface area contributed by atoms with Gasteiger partial charge in [0, 0.05) is 11.8 Å². The highest BCUT2D eigenvalue weighted by atomic mass is 32.2. The van der Waals surface area contributed by atoms with Crippen LogP contribution in [0.15, 0.2) is 10.7 Å². The van der Waals surface area contributed by atoms with Gasteiger partial charge in [0.2, 0.25) is 0 Å². The molecule has 0 heterocycles. The zero-order valence-corrected chi connectivity index (χ0v) is 16.9. The van der Waals surface area contributed by atoms with Crippen LogP contribution in [0.1, 0.15) is 55.4 Å². The first-order valence-corrected chi connectivity index (χ1v) is 11.0. The van der Waals surface area contributed by atoms with Crippen LogP contribution < -0.4 is 0 Å². The van der Waals surface area contributed by atoms with E-state index in [1.54, 1.807) is 11.8 Å². The van der Waals surface area contributed by atoms with Gasteiger partial charge in [0.05, 0.1) is 0 Å². The van der Waals surface area contributed by atoms with E-state index in [4.69, 9.17) is 9.16 Å². The molecule has 3 nitrogen and oxygen atoms in total. The lowest BCUT2D eigenvalue weighted by Crippen LogP contribution is -2.48. The van der Waals surface area contributed by atoms with Crippen molar-refractivity contribution in [3.63, 3.8) is 0 Å². The van der Waals surface area contributed by atoms with E-state index >= 15 is 0 Å². The molecule has 0 rings (SSSR count). The van der Waals surface area contributed by atoms with Crippen molar-refractivity contribution >= 4 is 26.0 Å². The number of hydrogen-bond acceptors (Lipinski definition) is 4. The number of rotatable bonds is 8. The van der Waals surface area contributed by atoms with Crippen LogP contribution in [-0.2, 0) is 14.0 Å². The first kappa shape index (κ1) is 20.6. The van der Waals surface area contributed by atoms with Gasteiger partial charge in [0.1, 0.15) is 12.4 Å². The van der Waals surface area contributed by atoms with Crippen LogP contribution in [0.4, 0.5) is 0 Å². The first-order valence-electron chi connectivity index (χ1n) is 7.65. The van der Waals surface area contributed by atoms with Gasteiger partial charge in [-0.1, -0.05) is 41.5 Å². The second kappa shape index (κ2) is 8.88. The minimum Gasteiger partial charge on any atom is -0.543 e. The van der Waals surface area contributed by atoms with E-state index < -0.39 is 8.32 Å². The van der Waals surface area contributed by atoms with Crippen molar-refractivity contribution in [2.45, 2.75) is 72.0 Å². The maximum absolute atomic E-state index is 11.1. The molecule has 0 N–H and O–H groups in total. The number of allylic oxidation sites excluding steroid dienone is 1. The summed E-state index contributed by atoms with van der Waals surface area (Å²) in [5, 5.41) is 0. The largest absolute Gasteiger partial charge is 0.543 e. The molecule has 5 heteroatoms. The highest BCUT2D eigenvalue weighted by Crippen LogP contribution is 2.44. The summed E-state index contributed by atoms with van der Waals surface area (Å²) in [6, 6.07) is 0. The number of carbonyl (C=O) groups excluding carboxylic acids is 1. The van der Waals surface area contributed by atoms with Gasteiger partial charge in [0.15, 0.2) is 0 Å². The van der Waals surface area contributed by atoms with Crippen molar-refractivity contribution in [2.24, 2.45) is 0 Å². The number of carbonyl (C=O) groups is 1. The summed E-state index contributed by atoms with van der Waals surface area (Å²) in [6.07, 6.45) is 2.02. The predicted octanol–water partition coefficient (Wildman–Crippen LogP) is 5.34. The van der Waals surface area contributed by atoms with Crippen molar-refractivity contribution in [3.05, 3.63) is 10.7 Å². The molecule has 0 radical (unpaired) electrons. The molecule has 0 aliphatic rings. The zero-order chi connectivity index (χ0) is 16.8. The third-order valence-corrected chi connectivity index (χ3v) is 11.0. The number of thioether (sulfide) groups is 1. The summed E-state index contributed by atoms with van der Waals surface area (Å²) in [5.74, 6) is 0.566. The van der Waals surface area contributed by atoms with E-state index in [0.29, 0.717) is 16.6 Å². The maximum atomic E-state index is 11.1. The molecule has 0 unspecified atom stereocenters. The quantitative estimate of drug-likeness (QED) is 0.341. The number of ether oxygens (including phenoxy) is 1.